The number of benzene rings is 5. The maximum absolute atomic E-state index is 12.7. The second-order valence-corrected chi connectivity index (χ2v) is 9.54. The summed E-state index contributed by atoms with van der Waals surface area (Å²) in [5, 5.41) is 18.1. The smallest absolute Gasteiger partial charge is 0.185 e. The van der Waals surface area contributed by atoms with Gasteiger partial charge in [-0.1, -0.05) is 72.8 Å². The summed E-state index contributed by atoms with van der Waals surface area (Å²) in [6.07, 6.45) is 2.76. The van der Waals surface area contributed by atoms with E-state index in [4.69, 9.17) is 4.74 Å². The Morgan fingerprint density at radius 3 is 2.41 bits per heavy atom. The number of carbonyl (C=O) groups excluding carboxylic acids is 1. The number of aromatic amines is 1. The summed E-state index contributed by atoms with van der Waals surface area (Å²) in [6.45, 7) is 0.472. The van der Waals surface area contributed by atoms with Gasteiger partial charge in [0.15, 0.2) is 5.78 Å². The number of fused-ring (bicyclic) bond motifs is 4. The predicted octanol–water partition coefficient (Wildman–Crippen LogP) is 7.22. The highest BCUT2D eigenvalue weighted by atomic mass is 16.5. The number of aliphatic hydroxyl groups excluding tert-OH is 1. The van der Waals surface area contributed by atoms with Crippen molar-refractivity contribution in [3.05, 3.63) is 126 Å². The maximum Gasteiger partial charge on any atom is 0.185 e. The predicted molar refractivity (Wildman–Crippen MR) is 160 cm³/mol. The number of hydrogen-bond acceptors (Lipinski definition) is 4. The number of rotatable bonds is 9. The molecule has 1 unspecified atom stereocenters. The van der Waals surface area contributed by atoms with Crippen LogP contribution in [0.3, 0.4) is 0 Å². The average Bonchev–Trinajstić information content (AvgIpc) is 3.37. The molecule has 1 aromatic heterocycles. The van der Waals surface area contributed by atoms with Gasteiger partial charge in [0, 0.05) is 34.1 Å². The Hall–Kier alpha value is -4.87. The number of ether oxygens (including phenoxy) is 1. The fourth-order valence-corrected chi connectivity index (χ4v) is 4.88. The zero-order chi connectivity index (χ0) is 26.6. The summed E-state index contributed by atoms with van der Waals surface area (Å²) in [5.41, 5.74) is 4.49. The van der Waals surface area contributed by atoms with Gasteiger partial charge in [0.2, 0.25) is 0 Å². The first kappa shape index (κ1) is 24.5. The summed E-state index contributed by atoms with van der Waals surface area (Å²) in [5.74, 6) is 0.679. The number of H-pyrrole nitrogens is 1. The molecular formula is C34H28N2O3. The Bertz CT molecular complexity index is 1800. The van der Waals surface area contributed by atoms with E-state index in [9.17, 15) is 9.90 Å². The average molecular weight is 513 g/mol. The molecule has 5 nitrogen and oxygen atoms in total. The zero-order valence-electron chi connectivity index (χ0n) is 21.3. The lowest BCUT2D eigenvalue weighted by Crippen LogP contribution is -2.26. The van der Waals surface area contributed by atoms with E-state index in [1.54, 1.807) is 18.2 Å². The minimum Gasteiger partial charge on any atom is -0.490 e. The molecule has 192 valence electrons. The monoisotopic (exact) mass is 512 g/mol. The molecule has 1 heterocycles. The summed E-state index contributed by atoms with van der Waals surface area (Å²) >= 11 is 0. The van der Waals surface area contributed by atoms with Crippen LogP contribution in [-0.4, -0.2) is 35.1 Å². The van der Waals surface area contributed by atoms with Gasteiger partial charge in [0.1, 0.15) is 18.5 Å². The first-order valence-corrected chi connectivity index (χ1v) is 13.0. The van der Waals surface area contributed by atoms with Crippen LogP contribution in [-0.2, 0) is 0 Å². The number of aliphatic hydroxyl groups is 1. The number of allylic oxidation sites excluding steroid dienone is 1. The molecule has 0 spiro atoms. The van der Waals surface area contributed by atoms with Crippen LogP contribution in [0.25, 0.3) is 38.7 Å². The van der Waals surface area contributed by atoms with Crippen molar-refractivity contribution in [3.8, 4) is 5.75 Å². The van der Waals surface area contributed by atoms with Crippen LogP contribution >= 0.6 is 0 Å². The maximum atomic E-state index is 12.7. The van der Waals surface area contributed by atoms with Crippen molar-refractivity contribution in [2.75, 3.05) is 18.5 Å². The molecule has 5 aromatic carbocycles. The van der Waals surface area contributed by atoms with Crippen LogP contribution in [0.2, 0.25) is 0 Å². The summed E-state index contributed by atoms with van der Waals surface area (Å²) in [6, 6.07) is 35.5. The van der Waals surface area contributed by atoms with Gasteiger partial charge in [-0.3, -0.25) is 4.79 Å². The van der Waals surface area contributed by atoms with Crippen LogP contribution in [0.15, 0.2) is 115 Å². The van der Waals surface area contributed by atoms with Crippen molar-refractivity contribution in [2.45, 2.75) is 6.10 Å². The molecule has 39 heavy (non-hydrogen) atoms. The molecule has 0 amide bonds. The molecular weight excluding hydrogens is 484 g/mol. The number of ketones is 1. The van der Waals surface area contributed by atoms with Crippen molar-refractivity contribution < 1.29 is 14.6 Å². The Morgan fingerprint density at radius 1 is 0.821 bits per heavy atom. The van der Waals surface area contributed by atoms with Crippen LogP contribution in [0, 0.1) is 0 Å². The first-order valence-electron chi connectivity index (χ1n) is 13.0. The highest BCUT2D eigenvalue weighted by Gasteiger charge is 2.12. The van der Waals surface area contributed by atoms with E-state index < -0.39 is 6.10 Å². The highest BCUT2D eigenvalue weighted by Crippen LogP contribution is 2.33. The zero-order valence-corrected chi connectivity index (χ0v) is 21.3. The minimum absolute atomic E-state index is 0.0608. The van der Waals surface area contributed by atoms with Crippen molar-refractivity contribution in [1.29, 1.82) is 0 Å². The van der Waals surface area contributed by atoms with Gasteiger partial charge in [-0.15, -0.1) is 0 Å². The van der Waals surface area contributed by atoms with Gasteiger partial charge < -0.3 is 20.1 Å². The third-order valence-corrected chi connectivity index (χ3v) is 6.87. The van der Waals surface area contributed by atoms with Gasteiger partial charge in [-0.05, 0) is 64.9 Å². The van der Waals surface area contributed by atoms with Crippen molar-refractivity contribution in [1.82, 2.24) is 4.98 Å². The summed E-state index contributed by atoms with van der Waals surface area (Å²) in [7, 11) is 0. The third-order valence-electron chi connectivity index (χ3n) is 6.87. The van der Waals surface area contributed by atoms with Crippen molar-refractivity contribution >= 4 is 50.1 Å². The largest absolute Gasteiger partial charge is 0.490 e. The number of aromatic nitrogens is 1. The molecule has 0 fully saturated rings. The minimum atomic E-state index is -0.713. The topological polar surface area (TPSA) is 74.3 Å². The fourth-order valence-electron chi connectivity index (χ4n) is 4.88. The molecule has 0 aliphatic carbocycles. The van der Waals surface area contributed by atoms with Crippen molar-refractivity contribution in [3.63, 3.8) is 0 Å². The van der Waals surface area contributed by atoms with E-state index in [-0.39, 0.29) is 12.4 Å². The number of hydrogen-bond donors (Lipinski definition) is 3. The Labute approximate surface area is 226 Å². The van der Waals surface area contributed by atoms with E-state index >= 15 is 0 Å². The number of para-hydroxylation sites is 1. The lowest BCUT2D eigenvalue weighted by Gasteiger charge is -2.15. The molecule has 6 aromatic rings. The van der Waals surface area contributed by atoms with E-state index in [1.807, 2.05) is 78.9 Å². The highest BCUT2D eigenvalue weighted by molar-refractivity contribution is 6.10. The lowest BCUT2D eigenvalue weighted by molar-refractivity contribution is 0.104. The van der Waals surface area contributed by atoms with Gasteiger partial charge in [-0.2, -0.15) is 0 Å². The molecule has 0 radical (unpaired) electrons. The first-order chi connectivity index (χ1) is 19.2. The molecule has 0 aliphatic rings. The number of carbonyl (C=O) groups is 1. The van der Waals surface area contributed by atoms with E-state index in [0.717, 1.165) is 49.6 Å². The molecule has 3 N–H and O–H groups in total. The molecule has 0 saturated heterocycles. The van der Waals surface area contributed by atoms with Crippen LogP contribution in [0.5, 0.6) is 5.75 Å². The normalized spacial score (nSPS) is 12.3. The number of anilines is 1. The number of nitrogens with one attached hydrogen (secondary N) is 2. The van der Waals surface area contributed by atoms with Gasteiger partial charge in [0.25, 0.3) is 0 Å². The third kappa shape index (κ3) is 5.26. The molecule has 6 rings (SSSR count). The van der Waals surface area contributed by atoms with Crippen molar-refractivity contribution in [2.24, 2.45) is 0 Å². The van der Waals surface area contributed by atoms with E-state index in [0.29, 0.717) is 12.1 Å². The molecule has 1 atom stereocenters. The van der Waals surface area contributed by atoms with Crippen LogP contribution < -0.4 is 10.1 Å². The Morgan fingerprint density at radius 2 is 1.54 bits per heavy atom. The fraction of sp³-hybridized carbons (Fsp3) is 0.0882. The van der Waals surface area contributed by atoms with E-state index in [2.05, 4.69) is 34.6 Å². The van der Waals surface area contributed by atoms with Crippen LogP contribution in [0.4, 0.5) is 5.69 Å². The lowest BCUT2D eigenvalue weighted by atomic mass is 10.0. The van der Waals surface area contributed by atoms with Gasteiger partial charge >= 0.3 is 0 Å². The Balaban J connectivity index is 1.05. The Kier molecular flexibility index (Phi) is 6.81. The standard InChI is InChI=1S/C34H28N2O3/c37-27(22-39-33-14-6-13-31-34(33)29-11-3-4-12-30(29)36-31)21-35-26-18-15-25(16-19-26)32(38)20-17-24-9-5-8-23-7-1-2-10-28(23)24/h1-20,27,35-37H,21-22H2/b20-17+. The summed E-state index contributed by atoms with van der Waals surface area (Å²) in [4.78, 5) is 16.1. The molecule has 0 aliphatic heterocycles. The van der Waals surface area contributed by atoms with E-state index in [1.165, 1.54) is 0 Å². The summed E-state index contributed by atoms with van der Waals surface area (Å²) < 4.78 is 6.01. The SMILES string of the molecule is O=C(/C=C/c1cccc2ccccc12)c1ccc(NCC(O)COc2cccc3[nH]c4ccccc4c23)cc1. The molecule has 0 bridgehead atoms. The second-order valence-electron chi connectivity index (χ2n) is 9.54. The molecule has 5 heteroatoms. The quantitative estimate of drug-likeness (QED) is 0.141. The second kappa shape index (κ2) is 10.9. The van der Waals surface area contributed by atoms with Crippen LogP contribution in [0.1, 0.15) is 15.9 Å². The molecule has 0 saturated carbocycles. The van der Waals surface area contributed by atoms with Gasteiger partial charge in [-0.25, -0.2) is 0 Å². The van der Waals surface area contributed by atoms with Gasteiger partial charge in [0.05, 0.1) is 5.52 Å².